The number of carbonyl (C=O) groups excluding carboxylic acids is 2. The van der Waals surface area contributed by atoms with Gasteiger partial charge in [0.15, 0.2) is 6.10 Å². The molecule has 0 spiro atoms. The van der Waals surface area contributed by atoms with Crippen LogP contribution in [0.15, 0.2) is 42.5 Å². The fourth-order valence-electron chi connectivity index (χ4n) is 1.89. The Labute approximate surface area is 143 Å². The molecule has 0 aliphatic heterocycles. The smallest absolute Gasteiger partial charge is 0.342 e. The maximum absolute atomic E-state index is 12.8. The first-order valence-electron chi connectivity index (χ1n) is 7.01. The number of esters is 1. The van der Waals surface area contributed by atoms with Crippen LogP contribution < -0.4 is 10.1 Å². The van der Waals surface area contributed by atoms with Crippen molar-refractivity contribution in [2.45, 2.75) is 13.0 Å². The number of hydrogen-bond donors (Lipinski definition) is 1. The molecule has 0 fully saturated rings. The first kappa shape index (κ1) is 17.7. The third kappa shape index (κ3) is 4.45. The first-order chi connectivity index (χ1) is 11.4. The summed E-state index contributed by atoms with van der Waals surface area (Å²) >= 11 is 5.86. The largest absolute Gasteiger partial charge is 0.496 e. The van der Waals surface area contributed by atoms with Crippen molar-refractivity contribution in [1.29, 1.82) is 0 Å². The lowest BCUT2D eigenvalue weighted by atomic mass is 10.2. The number of rotatable bonds is 5. The number of methoxy groups -OCH3 is 1. The summed E-state index contributed by atoms with van der Waals surface area (Å²) in [5.74, 6) is -1.41. The van der Waals surface area contributed by atoms with Crippen molar-refractivity contribution in [2.24, 2.45) is 0 Å². The van der Waals surface area contributed by atoms with Gasteiger partial charge in [0.2, 0.25) is 0 Å². The maximum atomic E-state index is 12.8. The number of anilines is 1. The van der Waals surface area contributed by atoms with E-state index in [1.165, 1.54) is 50.4 Å². The summed E-state index contributed by atoms with van der Waals surface area (Å²) in [7, 11) is 1.41. The van der Waals surface area contributed by atoms with Gasteiger partial charge in [-0.15, -0.1) is 0 Å². The van der Waals surface area contributed by atoms with Gasteiger partial charge in [-0.1, -0.05) is 11.6 Å². The minimum atomic E-state index is -1.06. The summed E-state index contributed by atoms with van der Waals surface area (Å²) in [6, 6.07) is 9.73. The van der Waals surface area contributed by atoms with Crippen molar-refractivity contribution >= 4 is 29.2 Å². The molecule has 2 rings (SSSR count). The summed E-state index contributed by atoms with van der Waals surface area (Å²) in [6.07, 6.45) is -1.06. The molecule has 0 aliphatic rings. The molecule has 1 N–H and O–H groups in total. The predicted octanol–water partition coefficient (Wildman–Crippen LogP) is 3.67. The van der Waals surface area contributed by atoms with Crippen molar-refractivity contribution in [3.8, 4) is 5.75 Å². The molecule has 0 bridgehead atoms. The van der Waals surface area contributed by atoms with Gasteiger partial charge in [0, 0.05) is 10.7 Å². The molecule has 126 valence electrons. The van der Waals surface area contributed by atoms with Crippen molar-refractivity contribution in [3.05, 3.63) is 58.9 Å². The summed E-state index contributed by atoms with van der Waals surface area (Å²) in [4.78, 5) is 24.2. The predicted molar refractivity (Wildman–Crippen MR) is 87.9 cm³/mol. The van der Waals surface area contributed by atoms with Crippen molar-refractivity contribution in [3.63, 3.8) is 0 Å². The molecular formula is C17H15ClFNO4. The summed E-state index contributed by atoms with van der Waals surface area (Å²) in [5.41, 5.74) is 0.510. The summed E-state index contributed by atoms with van der Waals surface area (Å²) < 4.78 is 23.0. The van der Waals surface area contributed by atoms with Gasteiger partial charge in [0.1, 0.15) is 17.1 Å². The van der Waals surface area contributed by atoms with Gasteiger partial charge in [-0.3, -0.25) is 4.79 Å². The first-order valence-corrected chi connectivity index (χ1v) is 7.39. The normalized spacial score (nSPS) is 11.5. The van der Waals surface area contributed by atoms with Crippen LogP contribution in [0.5, 0.6) is 5.75 Å². The third-order valence-electron chi connectivity index (χ3n) is 3.15. The zero-order chi connectivity index (χ0) is 17.7. The molecule has 0 radical (unpaired) electrons. The average molecular weight is 352 g/mol. The number of benzene rings is 2. The summed E-state index contributed by atoms with van der Waals surface area (Å²) in [5, 5.41) is 2.86. The number of nitrogens with one attached hydrogen (secondary N) is 1. The molecular weight excluding hydrogens is 337 g/mol. The minimum Gasteiger partial charge on any atom is -0.496 e. The molecule has 0 unspecified atom stereocenters. The van der Waals surface area contributed by atoms with Crippen LogP contribution in [0.1, 0.15) is 17.3 Å². The van der Waals surface area contributed by atoms with Crippen LogP contribution >= 0.6 is 11.6 Å². The van der Waals surface area contributed by atoms with E-state index in [-0.39, 0.29) is 11.3 Å². The highest BCUT2D eigenvalue weighted by Crippen LogP contribution is 2.24. The summed E-state index contributed by atoms with van der Waals surface area (Å²) in [6.45, 7) is 1.42. The van der Waals surface area contributed by atoms with E-state index in [9.17, 15) is 14.0 Å². The van der Waals surface area contributed by atoms with Crippen LogP contribution in [0.2, 0.25) is 5.02 Å². The van der Waals surface area contributed by atoms with Gasteiger partial charge in [-0.25, -0.2) is 9.18 Å². The molecule has 0 saturated carbocycles. The van der Waals surface area contributed by atoms with E-state index in [4.69, 9.17) is 21.1 Å². The van der Waals surface area contributed by atoms with Crippen molar-refractivity contribution in [2.75, 3.05) is 12.4 Å². The Bertz CT molecular complexity index is 749. The Morgan fingerprint density at radius 3 is 2.46 bits per heavy atom. The highest BCUT2D eigenvalue weighted by atomic mass is 35.5. The molecule has 1 atom stereocenters. The van der Waals surface area contributed by atoms with Crippen LogP contribution in [0.4, 0.5) is 10.1 Å². The zero-order valence-corrected chi connectivity index (χ0v) is 13.8. The van der Waals surface area contributed by atoms with Crippen molar-refractivity contribution in [1.82, 2.24) is 0 Å². The number of hydrogen-bond acceptors (Lipinski definition) is 4. The van der Waals surface area contributed by atoms with Gasteiger partial charge in [0.05, 0.1) is 7.11 Å². The zero-order valence-electron chi connectivity index (χ0n) is 13.0. The number of halogens is 2. The van der Waals surface area contributed by atoms with Crippen LogP contribution in [-0.2, 0) is 9.53 Å². The number of ether oxygens (including phenoxy) is 2. The fourth-order valence-corrected chi connectivity index (χ4v) is 2.07. The highest BCUT2D eigenvalue weighted by Gasteiger charge is 2.21. The van der Waals surface area contributed by atoms with Crippen LogP contribution in [0.25, 0.3) is 0 Å². The molecule has 7 heteroatoms. The lowest BCUT2D eigenvalue weighted by Crippen LogP contribution is -2.30. The molecule has 0 aromatic heterocycles. The molecule has 2 aromatic rings. The molecule has 1 amide bonds. The topological polar surface area (TPSA) is 64.6 Å². The molecule has 0 aliphatic carbocycles. The van der Waals surface area contributed by atoms with E-state index in [0.717, 1.165) is 0 Å². The number of carbonyl (C=O) groups is 2. The standard InChI is InChI=1S/C17H15ClFNO4/c1-10(16(21)20-13-6-4-12(19)5-7-13)24-17(22)14-9-11(18)3-8-15(14)23-2/h3-10H,1-2H3,(H,20,21)/t10-/m0/s1. The highest BCUT2D eigenvalue weighted by molar-refractivity contribution is 6.31. The maximum Gasteiger partial charge on any atom is 0.342 e. The van der Waals surface area contributed by atoms with Gasteiger partial charge < -0.3 is 14.8 Å². The van der Waals surface area contributed by atoms with E-state index in [1.54, 1.807) is 6.07 Å². The molecule has 0 saturated heterocycles. The molecule has 0 heterocycles. The molecule has 2 aromatic carbocycles. The second-order valence-electron chi connectivity index (χ2n) is 4.89. The van der Waals surface area contributed by atoms with E-state index in [1.807, 2.05) is 0 Å². The van der Waals surface area contributed by atoms with E-state index in [2.05, 4.69) is 5.32 Å². The van der Waals surface area contributed by atoms with Crippen LogP contribution in [-0.4, -0.2) is 25.1 Å². The van der Waals surface area contributed by atoms with Crippen molar-refractivity contribution < 1.29 is 23.5 Å². The Balaban J connectivity index is 2.04. The Kier molecular flexibility index (Phi) is 5.76. The van der Waals surface area contributed by atoms with E-state index < -0.39 is 23.8 Å². The molecule has 5 nitrogen and oxygen atoms in total. The van der Waals surface area contributed by atoms with Crippen LogP contribution in [0.3, 0.4) is 0 Å². The van der Waals surface area contributed by atoms with Gasteiger partial charge >= 0.3 is 5.97 Å². The van der Waals surface area contributed by atoms with Crippen LogP contribution in [0, 0.1) is 5.82 Å². The minimum absolute atomic E-state index is 0.117. The number of amides is 1. The van der Waals surface area contributed by atoms with Gasteiger partial charge in [-0.05, 0) is 49.4 Å². The lowest BCUT2D eigenvalue weighted by molar-refractivity contribution is -0.123. The van der Waals surface area contributed by atoms with E-state index >= 15 is 0 Å². The Hall–Kier alpha value is -2.60. The van der Waals surface area contributed by atoms with Gasteiger partial charge in [0.25, 0.3) is 5.91 Å². The second kappa shape index (κ2) is 7.79. The van der Waals surface area contributed by atoms with Gasteiger partial charge in [-0.2, -0.15) is 0 Å². The van der Waals surface area contributed by atoms with E-state index in [0.29, 0.717) is 10.7 Å². The SMILES string of the molecule is COc1ccc(Cl)cc1C(=O)O[C@@H](C)C(=O)Nc1ccc(F)cc1. The fraction of sp³-hybridized carbons (Fsp3) is 0.176. The Morgan fingerprint density at radius 2 is 1.83 bits per heavy atom. The average Bonchev–Trinajstić information content (AvgIpc) is 2.56. The quantitative estimate of drug-likeness (QED) is 0.835. The second-order valence-corrected chi connectivity index (χ2v) is 5.32. The molecule has 24 heavy (non-hydrogen) atoms. The third-order valence-corrected chi connectivity index (χ3v) is 3.38. The Morgan fingerprint density at radius 1 is 1.17 bits per heavy atom. The monoisotopic (exact) mass is 351 g/mol. The lowest BCUT2D eigenvalue weighted by Gasteiger charge is -2.15.